The van der Waals surface area contributed by atoms with Crippen molar-refractivity contribution in [2.45, 2.75) is 64.3 Å². The van der Waals surface area contributed by atoms with Crippen molar-refractivity contribution in [2.75, 3.05) is 27.1 Å². The molecule has 0 bridgehead atoms. The SMILES string of the molecule is COCOC[C@H]1[C@H](CO)C[C@@H]2C[C@H](O[Si](C)(C)C(C)(C)C)C[C@@H]21. The van der Waals surface area contributed by atoms with Crippen LogP contribution in [-0.2, 0) is 13.9 Å². The van der Waals surface area contributed by atoms with E-state index in [9.17, 15) is 5.11 Å². The largest absolute Gasteiger partial charge is 0.414 e. The highest BCUT2D eigenvalue weighted by Gasteiger charge is 2.50. The first kappa shape index (κ1) is 19.4. The number of methoxy groups -OCH3 is 1. The minimum atomic E-state index is -1.70. The molecular formula is C18H36O4Si. The predicted molar refractivity (Wildman–Crippen MR) is 94.8 cm³/mol. The molecule has 0 saturated heterocycles. The van der Waals surface area contributed by atoms with Crippen molar-refractivity contribution >= 4 is 8.32 Å². The molecule has 2 saturated carbocycles. The van der Waals surface area contributed by atoms with Gasteiger partial charge in [0.25, 0.3) is 0 Å². The molecule has 0 amide bonds. The molecule has 0 heterocycles. The molecule has 5 atom stereocenters. The summed E-state index contributed by atoms with van der Waals surface area (Å²) < 4.78 is 17.3. The second kappa shape index (κ2) is 7.52. The van der Waals surface area contributed by atoms with Crippen LogP contribution in [0.5, 0.6) is 0 Å². The summed E-state index contributed by atoms with van der Waals surface area (Å²) in [5, 5.41) is 9.96. The van der Waals surface area contributed by atoms with E-state index >= 15 is 0 Å². The zero-order valence-electron chi connectivity index (χ0n) is 15.8. The topological polar surface area (TPSA) is 47.9 Å². The van der Waals surface area contributed by atoms with Crippen LogP contribution in [0, 0.1) is 23.7 Å². The molecule has 0 spiro atoms. The molecule has 5 heteroatoms. The van der Waals surface area contributed by atoms with Gasteiger partial charge >= 0.3 is 0 Å². The summed E-state index contributed by atoms with van der Waals surface area (Å²) in [6, 6.07) is 0. The van der Waals surface area contributed by atoms with Crippen molar-refractivity contribution in [1.82, 2.24) is 0 Å². The Morgan fingerprint density at radius 3 is 2.39 bits per heavy atom. The highest BCUT2D eigenvalue weighted by Crippen LogP contribution is 2.52. The van der Waals surface area contributed by atoms with Gasteiger partial charge in [-0.05, 0) is 61.1 Å². The molecule has 2 aliphatic rings. The van der Waals surface area contributed by atoms with Gasteiger partial charge in [0.05, 0.1) is 6.61 Å². The van der Waals surface area contributed by atoms with Gasteiger partial charge in [0, 0.05) is 19.8 Å². The summed E-state index contributed by atoms with van der Waals surface area (Å²) in [6.45, 7) is 12.9. The second-order valence-electron chi connectivity index (χ2n) is 9.02. The van der Waals surface area contributed by atoms with E-state index in [-0.39, 0.29) is 11.6 Å². The molecule has 0 aromatic rings. The second-order valence-corrected chi connectivity index (χ2v) is 13.8. The van der Waals surface area contributed by atoms with Gasteiger partial charge in [-0.3, -0.25) is 0 Å². The van der Waals surface area contributed by atoms with Crippen LogP contribution in [0.15, 0.2) is 0 Å². The Labute approximate surface area is 143 Å². The van der Waals surface area contributed by atoms with E-state index in [1.54, 1.807) is 7.11 Å². The monoisotopic (exact) mass is 344 g/mol. The fourth-order valence-corrected chi connectivity index (χ4v) is 5.62. The van der Waals surface area contributed by atoms with E-state index < -0.39 is 8.32 Å². The van der Waals surface area contributed by atoms with E-state index in [4.69, 9.17) is 13.9 Å². The molecular weight excluding hydrogens is 308 g/mol. The van der Waals surface area contributed by atoms with Crippen molar-refractivity contribution in [2.24, 2.45) is 23.7 Å². The van der Waals surface area contributed by atoms with Crippen LogP contribution in [0.4, 0.5) is 0 Å². The molecule has 0 aromatic carbocycles. The number of aliphatic hydroxyl groups excluding tert-OH is 1. The highest BCUT2D eigenvalue weighted by atomic mass is 28.4. The average molecular weight is 345 g/mol. The quantitative estimate of drug-likeness (QED) is 0.435. The van der Waals surface area contributed by atoms with E-state index in [1.807, 2.05) is 0 Å². The smallest absolute Gasteiger partial charge is 0.192 e. The minimum Gasteiger partial charge on any atom is -0.414 e. The van der Waals surface area contributed by atoms with Crippen molar-refractivity contribution < 1.29 is 19.0 Å². The molecule has 0 aliphatic heterocycles. The molecule has 0 radical (unpaired) electrons. The summed E-state index contributed by atoms with van der Waals surface area (Å²) in [5.74, 6) is 2.17. The number of fused-ring (bicyclic) bond motifs is 1. The van der Waals surface area contributed by atoms with E-state index in [2.05, 4.69) is 33.9 Å². The van der Waals surface area contributed by atoms with Gasteiger partial charge in [0.2, 0.25) is 0 Å². The Morgan fingerprint density at radius 2 is 1.83 bits per heavy atom. The minimum absolute atomic E-state index is 0.263. The Balaban J connectivity index is 1.95. The summed E-state index contributed by atoms with van der Waals surface area (Å²) in [5.41, 5.74) is 0. The Hall–Kier alpha value is 0.0569. The normalized spacial score (nSPS) is 34.8. The predicted octanol–water partition coefficient (Wildman–Crippen LogP) is 3.65. The first-order valence-electron chi connectivity index (χ1n) is 9.05. The Bertz CT molecular complexity index is 380. The average Bonchev–Trinajstić information content (AvgIpc) is 2.95. The summed E-state index contributed by atoms with van der Waals surface area (Å²) >= 11 is 0. The third-order valence-electron chi connectivity index (χ3n) is 6.48. The Morgan fingerprint density at radius 1 is 1.13 bits per heavy atom. The van der Waals surface area contributed by atoms with Crippen molar-refractivity contribution in [3.8, 4) is 0 Å². The van der Waals surface area contributed by atoms with Gasteiger partial charge in [0.1, 0.15) is 6.79 Å². The third-order valence-corrected chi connectivity index (χ3v) is 11.0. The van der Waals surface area contributed by atoms with Crippen LogP contribution in [0.3, 0.4) is 0 Å². The summed E-state index contributed by atoms with van der Waals surface area (Å²) in [7, 11) is -0.0445. The van der Waals surface area contributed by atoms with Gasteiger partial charge in [0.15, 0.2) is 8.32 Å². The Kier molecular flexibility index (Phi) is 6.34. The molecule has 2 aliphatic carbocycles. The van der Waals surface area contributed by atoms with E-state index in [0.717, 1.165) is 19.3 Å². The van der Waals surface area contributed by atoms with Gasteiger partial charge in [-0.1, -0.05) is 20.8 Å². The number of hydrogen-bond donors (Lipinski definition) is 1. The maximum Gasteiger partial charge on any atom is 0.192 e. The van der Waals surface area contributed by atoms with E-state index in [0.29, 0.717) is 43.2 Å². The number of ether oxygens (including phenoxy) is 2. The third kappa shape index (κ3) is 4.37. The zero-order valence-corrected chi connectivity index (χ0v) is 16.8. The lowest BCUT2D eigenvalue weighted by Gasteiger charge is -2.39. The molecule has 0 unspecified atom stereocenters. The molecule has 2 fully saturated rings. The van der Waals surface area contributed by atoms with Crippen molar-refractivity contribution in [3.05, 3.63) is 0 Å². The summed E-state index contributed by atoms with van der Waals surface area (Å²) in [6.07, 6.45) is 3.82. The maximum absolute atomic E-state index is 9.70. The maximum atomic E-state index is 9.70. The van der Waals surface area contributed by atoms with Gasteiger partial charge in [-0.2, -0.15) is 0 Å². The first-order valence-corrected chi connectivity index (χ1v) is 12.0. The lowest BCUT2D eigenvalue weighted by Crippen LogP contribution is -2.43. The standard InChI is InChI=1S/C18H36O4Si/c1-18(2,3)23(5,6)22-15-8-13-7-14(10-19)17(16(13)9-15)11-21-12-20-4/h13-17,19H,7-12H2,1-6H3/t13-,14+,15+,16+,17+/m1/s1. The van der Waals surface area contributed by atoms with Crippen molar-refractivity contribution in [1.29, 1.82) is 0 Å². The molecule has 136 valence electrons. The molecule has 0 aromatic heterocycles. The molecule has 4 nitrogen and oxygen atoms in total. The fraction of sp³-hybridized carbons (Fsp3) is 1.00. The fourth-order valence-electron chi connectivity index (χ4n) is 4.24. The van der Waals surface area contributed by atoms with Gasteiger partial charge < -0.3 is 19.0 Å². The van der Waals surface area contributed by atoms with Crippen molar-refractivity contribution in [3.63, 3.8) is 0 Å². The molecule has 23 heavy (non-hydrogen) atoms. The zero-order chi connectivity index (χ0) is 17.3. The van der Waals surface area contributed by atoms with Crippen LogP contribution in [0.2, 0.25) is 18.1 Å². The van der Waals surface area contributed by atoms with Gasteiger partial charge in [-0.25, -0.2) is 0 Å². The number of rotatable bonds is 7. The number of hydrogen-bond acceptors (Lipinski definition) is 4. The first-order chi connectivity index (χ1) is 10.7. The van der Waals surface area contributed by atoms with Crippen LogP contribution in [0.1, 0.15) is 40.0 Å². The lowest BCUT2D eigenvalue weighted by atomic mass is 9.88. The van der Waals surface area contributed by atoms with Crippen LogP contribution >= 0.6 is 0 Å². The summed E-state index contributed by atoms with van der Waals surface area (Å²) in [4.78, 5) is 0. The molecule has 1 N–H and O–H groups in total. The van der Waals surface area contributed by atoms with Crippen LogP contribution < -0.4 is 0 Å². The van der Waals surface area contributed by atoms with E-state index in [1.165, 1.54) is 0 Å². The number of aliphatic hydroxyl groups is 1. The van der Waals surface area contributed by atoms with Gasteiger partial charge in [-0.15, -0.1) is 0 Å². The molecule has 2 rings (SSSR count). The lowest BCUT2D eigenvalue weighted by molar-refractivity contribution is -0.0566. The van der Waals surface area contributed by atoms with Crippen LogP contribution in [-0.4, -0.2) is 46.6 Å². The van der Waals surface area contributed by atoms with Crippen LogP contribution in [0.25, 0.3) is 0 Å². The highest BCUT2D eigenvalue weighted by molar-refractivity contribution is 6.74.